The van der Waals surface area contributed by atoms with Gasteiger partial charge in [-0.1, -0.05) is 12.1 Å². The number of fused-ring (bicyclic) bond motifs is 1. The van der Waals surface area contributed by atoms with Gasteiger partial charge in [-0.05, 0) is 67.6 Å². The highest BCUT2D eigenvalue weighted by Gasteiger charge is 2.30. The Labute approximate surface area is 201 Å². The molecule has 0 aliphatic rings. The predicted octanol–water partition coefficient (Wildman–Crippen LogP) is 3.47. The summed E-state index contributed by atoms with van der Waals surface area (Å²) < 4.78 is 34.4. The Kier molecular flexibility index (Phi) is 6.42. The molecule has 1 N–H and O–H groups in total. The Morgan fingerprint density at radius 3 is 2.26 bits per heavy atom. The number of aromatic carboxylic acids is 1. The summed E-state index contributed by atoms with van der Waals surface area (Å²) in [4.78, 5) is 29.2. The molecule has 3 aromatic carbocycles. The van der Waals surface area contributed by atoms with Gasteiger partial charge in [0, 0.05) is 7.05 Å². The van der Waals surface area contributed by atoms with Crippen molar-refractivity contribution in [2.45, 2.75) is 17.9 Å². The molecule has 1 atom stereocenters. The number of hydrogen-bond acceptors (Lipinski definition) is 6. The van der Waals surface area contributed by atoms with Crippen LogP contribution >= 0.6 is 0 Å². The summed E-state index contributed by atoms with van der Waals surface area (Å²) in [5.41, 5.74) is 0.594. The highest BCUT2D eigenvalue weighted by molar-refractivity contribution is 7.89. The minimum absolute atomic E-state index is 0.0239. The van der Waals surface area contributed by atoms with Crippen molar-refractivity contribution in [2.24, 2.45) is 0 Å². The molecular formula is C25H23N3O6S. The second-order valence-corrected chi connectivity index (χ2v) is 9.85. The summed E-state index contributed by atoms with van der Waals surface area (Å²) in [6.07, 6.45) is 0. The minimum atomic E-state index is -4.04. The molecule has 4 rings (SSSR count). The van der Waals surface area contributed by atoms with Crippen molar-refractivity contribution in [2.75, 3.05) is 14.2 Å². The number of sulfonamides is 1. The first-order chi connectivity index (χ1) is 16.6. The third-order valence-electron chi connectivity index (χ3n) is 5.83. The smallest absolute Gasteiger partial charge is 0.335 e. The van der Waals surface area contributed by atoms with E-state index in [-0.39, 0.29) is 21.8 Å². The van der Waals surface area contributed by atoms with Crippen molar-refractivity contribution < 1.29 is 23.1 Å². The monoisotopic (exact) mass is 493 g/mol. The van der Waals surface area contributed by atoms with Crippen LogP contribution in [0.2, 0.25) is 0 Å². The van der Waals surface area contributed by atoms with Crippen LogP contribution in [0.4, 0.5) is 0 Å². The number of carbonyl (C=O) groups is 1. The molecule has 0 amide bonds. The Balaban J connectivity index is 1.85. The molecule has 0 bridgehead atoms. The fourth-order valence-electron chi connectivity index (χ4n) is 3.72. The van der Waals surface area contributed by atoms with Gasteiger partial charge in [0.25, 0.3) is 5.56 Å². The van der Waals surface area contributed by atoms with Crippen LogP contribution in [-0.2, 0) is 10.0 Å². The first-order valence-corrected chi connectivity index (χ1v) is 12.1. The summed E-state index contributed by atoms with van der Waals surface area (Å²) in [7, 11) is -1.11. The third-order valence-corrected chi connectivity index (χ3v) is 7.77. The predicted molar refractivity (Wildman–Crippen MR) is 131 cm³/mol. The molecule has 1 aromatic heterocycles. The number of carboxylic acid groups (broad SMARTS) is 1. The second-order valence-electron chi connectivity index (χ2n) is 7.85. The molecule has 10 heteroatoms. The first kappa shape index (κ1) is 24.1. The number of rotatable bonds is 7. The van der Waals surface area contributed by atoms with E-state index in [9.17, 15) is 18.0 Å². The number of nitrogens with zero attached hydrogens (tertiary/aromatic N) is 3. The lowest BCUT2D eigenvalue weighted by molar-refractivity contribution is 0.0696. The summed E-state index contributed by atoms with van der Waals surface area (Å²) >= 11 is 0. The fourth-order valence-corrected chi connectivity index (χ4v) is 5.04. The maximum absolute atomic E-state index is 13.5. The Hall–Kier alpha value is -4.02. The average molecular weight is 494 g/mol. The van der Waals surface area contributed by atoms with E-state index in [0.717, 1.165) is 4.31 Å². The number of para-hydroxylation sites is 1. The maximum Gasteiger partial charge on any atom is 0.335 e. The van der Waals surface area contributed by atoms with E-state index < -0.39 is 22.0 Å². The molecular weight excluding hydrogens is 470 g/mol. The molecule has 0 saturated carbocycles. The van der Waals surface area contributed by atoms with Crippen molar-refractivity contribution in [1.29, 1.82) is 0 Å². The van der Waals surface area contributed by atoms with Gasteiger partial charge in [-0.15, -0.1) is 0 Å². The van der Waals surface area contributed by atoms with Gasteiger partial charge in [-0.2, -0.15) is 4.31 Å². The lowest BCUT2D eigenvalue weighted by Gasteiger charge is -2.26. The van der Waals surface area contributed by atoms with E-state index >= 15 is 0 Å². The van der Waals surface area contributed by atoms with Crippen molar-refractivity contribution in [3.05, 3.63) is 94.5 Å². The number of hydrogen-bond donors (Lipinski definition) is 1. The maximum atomic E-state index is 13.5. The van der Waals surface area contributed by atoms with Gasteiger partial charge < -0.3 is 9.84 Å². The molecule has 1 unspecified atom stereocenters. The minimum Gasteiger partial charge on any atom is -0.497 e. The van der Waals surface area contributed by atoms with Crippen LogP contribution in [0.15, 0.2) is 82.5 Å². The lowest BCUT2D eigenvalue weighted by Crippen LogP contribution is -2.35. The molecule has 35 heavy (non-hydrogen) atoms. The number of methoxy groups -OCH3 is 1. The van der Waals surface area contributed by atoms with E-state index in [1.165, 1.54) is 43.0 Å². The number of aromatic nitrogens is 2. The summed E-state index contributed by atoms with van der Waals surface area (Å²) in [6.45, 7) is 1.64. The van der Waals surface area contributed by atoms with Crippen molar-refractivity contribution >= 4 is 26.9 Å². The van der Waals surface area contributed by atoms with Gasteiger partial charge in [0.15, 0.2) is 0 Å². The highest BCUT2D eigenvalue weighted by Crippen LogP contribution is 2.27. The zero-order chi connectivity index (χ0) is 25.3. The van der Waals surface area contributed by atoms with E-state index in [1.54, 1.807) is 55.5 Å². The number of benzene rings is 3. The fraction of sp³-hybridized carbons (Fsp3) is 0.160. The van der Waals surface area contributed by atoms with Crippen molar-refractivity contribution in [1.82, 2.24) is 13.9 Å². The number of ether oxygens (including phenoxy) is 1. The van der Waals surface area contributed by atoms with Crippen LogP contribution in [0.3, 0.4) is 0 Å². The SMILES string of the molecule is COc1ccc(-n2c(C(C)N(C)S(=O)(=O)c3ccc(C(=O)O)cc3)nc3ccccc3c2=O)cc1. The molecule has 0 aliphatic heterocycles. The highest BCUT2D eigenvalue weighted by atomic mass is 32.2. The van der Waals surface area contributed by atoms with Gasteiger partial charge in [0.05, 0.1) is 40.2 Å². The van der Waals surface area contributed by atoms with Crippen LogP contribution in [0, 0.1) is 0 Å². The van der Waals surface area contributed by atoms with E-state index in [4.69, 9.17) is 9.84 Å². The summed E-state index contributed by atoms with van der Waals surface area (Å²) in [5.74, 6) is -0.318. The molecule has 180 valence electrons. The van der Waals surface area contributed by atoms with Crippen LogP contribution in [0.5, 0.6) is 5.75 Å². The molecule has 1 heterocycles. The normalized spacial score (nSPS) is 12.6. The van der Waals surface area contributed by atoms with Crippen molar-refractivity contribution in [3.63, 3.8) is 0 Å². The molecule has 0 saturated heterocycles. The second kappa shape index (κ2) is 9.32. The molecule has 0 fully saturated rings. The lowest BCUT2D eigenvalue weighted by atomic mass is 10.2. The molecule has 0 spiro atoms. The Morgan fingerprint density at radius 2 is 1.66 bits per heavy atom. The molecule has 9 nitrogen and oxygen atoms in total. The summed E-state index contributed by atoms with van der Waals surface area (Å²) in [6, 6.07) is 17.8. The molecule has 0 radical (unpaired) electrons. The first-order valence-electron chi connectivity index (χ1n) is 10.6. The van der Waals surface area contributed by atoms with Crippen molar-refractivity contribution in [3.8, 4) is 11.4 Å². The van der Waals surface area contributed by atoms with Gasteiger partial charge in [0.1, 0.15) is 11.6 Å². The molecule has 0 aliphatic carbocycles. The Morgan fingerprint density at radius 1 is 1.03 bits per heavy atom. The summed E-state index contributed by atoms with van der Waals surface area (Å²) in [5, 5.41) is 9.50. The number of carboxylic acids is 1. The van der Waals surface area contributed by atoms with Gasteiger partial charge in [-0.25, -0.2) is 18.2 Å². The van der Waals surface area contributed by atoms with E-state index in [0.29, 0.717) is 22.3 Å². The van der Waals surface area contributed by atoms with Crippen LogP contribution in [-0.4, -0.2) is 47.5 Å². The van der Waals surface area contributed by atoms with Gasteiger partial charge in [-0.3, -0.25) is 9.36 Å². The van der Waals surface area contributed by atoms with Gasteiger partial charge >= 0.3 is 5.97 Å². The van der Waals surface area contributed by atoms with Crippen LogP contribution < -0.4 is 10.3 Å². The Bertz CT molecular complexity index is 1560. The topological polar surface area (TPSA) is 119 Å². The standard InChI is InChI=1S/C25H23N3O6S/c1-16(27(2)35(32,33)20-14-8-17(9-15-20)25(30)31)23-26-22-7-5-4-6-21(22)24(29)28(23)18-10-12-19(34-3)13-11-18/h4-16H,1-3H3,(H,30,31). The van der Waals surface area contributed by atoms with Crippen LogP contribution in [0.1, 0.15) is 29.1 Å². The van der Waals surface area contributed by atoms with E-state index in [2.05, 4.69) is 4.98 Å². The zero-order valence-electron chi connectivity index (χ0n) is 19.2. The zero-order valence-corrected chi connectivity index (χ0v) is 20.1. The van der Waals surface area contributed by atoms with Crippen LogP contribution in [0.25, 0.3) is 16.6 Å². The third kappa shape index (κ3) is 4.41. The quantitative estimate of drug-likeness (QED) is 0.419. The average Bonchev–Trinajstić information content (AvgIpc) is 2.88. The largest absolute Gasteiger partial charge is 0.497 e. The molecule has 4 aromatic rings. The van der Waals surface area contributed by atoms with E-state index in [1.807, 2.05) is 0 Å². The van der Waals surface area contributed by atoms with Gasteiger partial charge in [0.2, 0.25) is 10.0 Å².